The monoisotopic (exact) mass is 385 g/mol. The van der Waals surface area contributed by atoms with Crippen molar-refractivity contribution in [2.75, 3.05) is 13.2 Å². The number of nitrogens with zero attached hydrogens (tertiary/aromatic N) is 1. The number of ketones is 2. The number of carbonyl (C=O) groups is 2. The van der Waals surface area contributed by atoms with Crippen LogP contribution in [0.3, 0.4) is 0 Å². The highest BCUT2D eigenvalue weighted by Gasteiger charge is 2.42. The zero-order valence-corrected chi connectivity index (χ0v) is 15.5. The number of pyridine rings is 1. The Hall–Kier alpha value is -2.51. The van der Waals surface area contributed by atoms with Crippen LogP contribution in [0.5, 0.6) is 5.75 Å². The molecule has 0 amide bonds. The van der Waals surface area contributed by atoms with Gasteiger partial charge < -0.3 is 19.0 Å². The van der Waals surface area contributed by atoms with E-state index in [1.165, 1.54) is 0 Å². The number of furan rings is 1. The van der Waals surface area contributed by atoms with Gasteiger partial charge in [-0.05, 0) is 37.5 Å². The molecule has 1 saturated carbocycles. The Bertz CT molecular complexity index is 847. The number of aromatic nitrogens is 1. The normalized spacial score (nSPS) is 24.4. The molecule has 3 atom stereocenters. The first-order valence-corrected chi connectivity index (χ1v) is 9.59. The summed E-state index contributed by atoms with van der Waals surface area (Å²) in [7, 11) is 0. The maximum Gasteiger partial charge on any atom is 0.205 e. The van der Waals surface area contributed by atoms with Gasteiger partial charge in [0.1, 0.15) is 18.1 Å². The third-order valence-electron chi connectivity index (χ3n) is 5.47. The van der Waals surface area contributed by atoms with E-state index in [9.17, 15) is 14.7 Å². The summed E-state index contributed by atoms with van der Waals surface area (Å²) in [6, 6.07) is 5.34. The molecule has 2 aliphatic carbocycles. The van der Waals surface area contributed by atoms with Gasteiger partial charge in [-0.3, -0.25) is 14.6 Å². The standard InChI is InChI=1S/C21H23NO6/c23-17-5-1-4-15-19(6-7-22-20(15)17)28-12-16-13(9-18(24)21(16)25)10-26-11-14-3-2-8-27-14/h2-3,6-8,13,16-17,23H,1,4-5,9-12H2/t13-,16-,17?/m1/s1. The number of aliphatic hydroxyl groups excluding tert-OH is 1. The van der Waals surface area contributed by atoms with Crippen LogP contribution in [0.2, 0.25) is 0 Å². The Balaban J connectivity index is 1.40. The van der Waals surface area contributed by atoms with Gasteiger partial charge in [0.2, 0.25) is 5.78 Å². The summed E-state index contributed by atoms with van der Waals surface area (Å²) in [5.41, 5.74) is 1.54. The highest BCUT2D eigenvalue weighted by Crippen LogP contribution is 2.35. The van der Waals surface area contributed by atoms with Crippen LogP contribution in [0.15, 0.2) is 35.1 Å². The summed E-state index contributed by atoms with van der Waals surface area (Å²) in [5.74, 6) is -0.168. The molecular formula is C21H23NO6. The van der Waals surface area contributed by atoms with Crippen LogP contribution < -0.4 is 4.74 Å². The Labute approximate surface area is 162 Å². The molecule has 2 aromatic rings. The largest absolute Gasteiger partial charge is 0.492 e. The highest BCUT2D eigenvalue weighted by atomic mass is 16.5. The van der Waals surface area contributed by atoms with E-state index in [1.807, 2.05) is 6.07 Å². The Morgan fingerprint density at radius 1 is 1.25 bits per heavy atom. The number of Topliss-reactive ketones (excluding diaryl/α,β-unsaturated/α-hetero) is 2. The first kappa shape index (κ1) is 18.8. The quantitative estimate of drug-likeness (QED) is 0.731. The van der Waals surface area contributed by atoms with Gasteiger partial charge in [0.15, 0.2) is 5.78 Å². The zero-order chi connectivity index (χ0) is 19.5. The van der Waals surface area contributed by atoms with Crippen molar-refractivity contribution in [2.24, 2.45) is 11.8 Å². The maximum atomic E-state index is 12.3. The number of fused-ring (bicyclic) bond motifs is 1. The molecule has 28 heavy (non-hydrogen) atoms. The third kappa shape index (κ3) is 3.86. The molecule has 0 aliphatic heterocycles. The fourth-order valence-corrected chi connectivity index (χ4v) is 3.95. The van der Waals surface area contributed by atoms with E-state index in [2.05, 4.69) is 4.98 Å². The predicted molar refractivity (Wildman–Crippen MR) is 97.6 cm³/mol. The summed E-state index contributed by atoms with van der Waals surface area (Å²) in [6.07, 6.45) is 5.11. The van der Waals surface area contributed by atoms with Crippen LogP contribution >= 0.6 is 0 Å². The van der Waals surface area contributed by atoms with Crippen molar-refractivity contribution in [3.63, 3.8) is 0 Å². The van der Waals surface area contributed by atoms with Gasteiger partial charge in [-0.25, -0.2) is 0 Å². The van der Waals surface area contributed by atoms with Gasteiger partial charge in [0.25, 0.3) is 0 Å². The molecular weight excluding hydrogens is 362 g/mol. The summed E-state index contributed by atoms with van der Waals surface area (Å²) < 4.78 is 16.8. The molecule has 0 saturated heterocycles. The summed E-state index contributed by atoms with van der Waals surface area (Å²) in [5, 5.41) is 10.1. The van der Waals surface area contributed by atoms with Crippen molar-refractivity contribution in [1.29, 1.82) is 0 Å². The van der Waals surface area contributed by atoms with Crippen LogP contribution in [0.25, 0.3) is 0 Å². The molecule has 1 fully saturated rings. The molecule has 7 heteroatoms. The number of hydrogen-bond acceptors (Lipinski definition) is 7. The lowest BCUT2D eigenvalue weighted by atomic mass is 9.93. The average Bonchev–Trinajstić information content (AvgIpc) is 3.30. The Kier molecular flexibility index (Phi) is 5.54. The summed E-state index contributed by atoms with van der Waals surface area (Å²) in [6.45, 7) is 0.709. The smallest absolute Gasteiger partial charge is 0.205 e. The minimum absolute atomic E-state index is 0.117. The topological polar surface area (TPSA) is 98.9 Å². The van der Waals surface area contributed by atoms with E-state index in [-0.39, 0.29) is 24.7 Å². The maximum absolute atomic E-state index is 12.3. The summed E-state index contributed by atoms with van der Waals surface area (Å²) in [4.78, 5) is 28.5. The van der Waals surface area contributed by atoms with Gasteiger partial charge in [-0.1, -0.05) is 0 Å². The van der Waals surface area contributed by atoms with Crippen molar-refractivity contribution in [1.82, 2.24) is 4.98 Å². The van der Waals surface area contributed by atoms with Gasteiger partial charge in [-0.2, -0.15) is 0 Å². The van der Waals surface area contributed by atoms with Gasteiger partial charge in [0, 0.05) is 24.1 Å². The molecule has 2 aromatic heterocycles. The van der Waals surface area contributed by atoms with E-state index >= 15 is 0 Å². The molecule has 148 valence electrons. The van der Waals surface area contributed by atoms with Crippen molar-refractivity contribution >= 4 is 11.6 Å². The lowest BCUT2D eigenvalue weighted by Gasteiger charge is -2.24. The van der Waals surface area contributed by atoms with Crippen LogP contribution in [0.4, 0.5) is 0 Å². The molecule has 7 nitrogen and oxygen atoms in total. The van der Waals surface area contributed by atoms with Crippen LogP contribution in [0.1, 0.15) is 42.4 Å². The Morgan fingerprint density at radius 3 is 2.96 bits per heavy atom. The lowest BCUT2D eigenvalue weighted by Crippen LogP contribution is -2.27. The molecule has 0 spiro atoms. The van der Waals surface area contributed by atoms with Crippen molar-refractivity contribution in [2.45, 2.75) is 38.4 Å². The minimum Gasteiger partial charge on any atom is -0.492 e. The SMILES string of the molecule is O=C1C[C@H](COCc2ccco2)[C@@H](COc2ccnc3c2CCCC3O)C1=O. The molecule has 1 N–H and O–H groups in total. The van der Waals surface area contributed by atoms with E-state index in [4.69, 9.17) is 13.9 Å². The molecule has 0 bridgehead atoms. The first-order valence-electron chi connectivity index (χ1n) is 9.59. The number of carbonyl (C=O) groups excluding carboxylic acids is 2. The highest BCUT2D eigenvalue weighted by molar-refractivity contribution is 6.40. The second-order valence-corrected chi connectivity index (χ2v) is 7.34. The lowest BCUT2D eigenvalue weighted by molar-refractivity contribution is -0.136. The molecule has 2 aliphatic rings. The van der Waals surface area contributed by atoms with Gasteiger partial charge in [0.05, 0.1) is 37.2 Å². The van der Waals surface area contributed by atoms with Crippen molar-refractivity contribution < 1.29 is 28.6 Å². The van der Waals surface area contributed by atoms with E-state index < -0.39 is 17.8 Å². The number of ether oxygens (including phenoxy) is 2. The number of rotatable bonds is 7. The van der Waals surface area contributed by atoms with Crippen LogP contribution in [-0.4, -0.2) is 34.9 Å². The Morgan fingerprint density at radius 2 is 2.14 bits per heavy atom. The number of hydrogen-bond donors (Lipinski definition) is 1. The van der Waals surface area contributed by atoms with Gasteiger partial charge >= 0.3 is 0 Å². The average molecular weight is 385 g/mol. The zero-order valence-electron chi connectivity index (χ0n) is 15.5. The van der Waals surface area contributed by atoms with Gasteiger partial charge in [-0.15, -0.1) is 0 Å². The predicted octanol–water partition coefficient (Wildman–Crippen LogP) is 2.41. The minimum atomic E-state index is -0.579. The molecule has 4 rings (SSSR count). The second-order valence-electron chi connectivity index (χ2n) is 7.34. The fourth-order valence-electron chi connectivity index (χ4n) is 3.95. The second kappa shape index (κ2) is 8.24. The number of aliphatic hydroxyl groups is 1. The van der Waals surface area contributed by atoms with E-state index in [1.54, 1.807) is 24.6 Å². The molecule has 2 heterocycles. The molecule has 0 aromatic carbocycles. The fraction of sp³-hybridized carbons (Fsp3) is 0.476. The van der Waals surface area contributed by atoms with Crippen molar-refractivity contribution in [3.05, 3.63) is 47.7 Å². The summed E-state index contributed by atoms with van der Waals surface area (Å²) >= 11 is 0. The third-order valence-corrected chi connectivity index (χ3v) is 5.47. The van der Waals surface area contributed by atoms with E-state index in [0.29, 0.717) is 36.8 Å². The van der Waals surface area contributed by atoms with E-state index in [0.717, 1.165) is 18.4 Å². The van der Waals surface area contributed by atoms with Crippen LogP contribution in [0, 0.1) is 11.8 Å². The van der Waals surface area contributed by atoms with Crippen LogP contribution in [-0.2, 0) is 27.4 Å². The van der Waals surface area contributed by atoms with Crippen molar-refractivity contribution in [3.8, 4) is 5.75 Å². The molecule has 0 radical (unpaired) electrons. The molecule has 1 unspecified atom stereocenters. The first-order chi connectivity index (χ1) is 13.6.